The van der Waals surface area contributed by atoms with E-state index in [0.29, 0.717) is 16.9 Å². The Bertz CT molecular complexity index is 239. The fourth-order valence-corrected chi connectivity index (χ4v) is 0.836. The van der Waals surface area contributed by atoms with Crippen LogP contribution in [0.4, 0.5) is 0 Å². The molecule has 0 saturated carbocycles. The summed E-state index contributed by atoms with van der Waals surface area (Å²) in [5, 5.41) is 0.564. The van der Waals surface area contributed by atoms with Crippen molar-refractivity contribution in [1.29, 1.82) is 0 Å². The lowest BCUT2D eigenvalue weighted by Gasteiger charge is -2.00. The molecule has 0 aliphatic carbocycles. The Hall–Kier alpha value is -0.430. The van der Waals surface area contributed by atoms with Crippen LogP contribution in [0.25, 0.3) is 0 Å². The van der Waals surface area contributed by atoms with Crippen LogP contribution in [0.2, 0.25) is 5.02 Å². The van der Waals surface area contributed by atoms with Crippen molar-refractivity contribution in [1.82, 2.24) is 4.98 Å². The third-order valence-corrected chi connectivity index (χ3v) is 1.39. The Balaban J connectivity index is 3.09. The van der Waals surface area contributed by atoms with E-state index in [4.69, 9.17) is 27.3 Å². The zero-order valence-corrected chi connectivity index (χ0v) is 6.10. The zero-order valence-electron chi connectivity index (χ0n) is 5.34. The van der Waals surface area contributed by atoms with Gasteiger partial charge in [0.15, 0.2) is 0 Å². The second-order valence-corrected chi connectivity index (χ2v) is 2.34. The Morgan fingerprint density at radius 3 is 2.80 bits per heavy atom. The highest BCUT2D eigenvalue weighted by Gasteiger charge is 1.95. The lowest BCUT2D eigenvalue weighted by Crippen LogP contribution is -2.14. The first-order valence-electron chi connectivity index (χ1n) is 2.84. The molecule has 0 fully saturated rings. The number of nitrogens with zero attached hydrogens (tertiary/aromatic N) is 1. The van der Waals surface area contributed by atoms with Crippen molar-refractivity contribution >= 4 is 32.9 Å². The second kappa shape index (κ2) is 3.11. The van der Waals surface area contributed by atoms with Crippen LogP contribution in [-0.4, -0.2) is 20.7 Å². The molecule has 0 N–H and O–H groups in total. The zero-order chi connectivity index (χ0) is 7.56. The van der Waals surface area contributed by atoms with Gasteiger partial charge in [-0.1, -0.05) is 17.9 Å². The van der Waals surface area contributed by atoms with Crippen molar-refractivity contribution in [3.8, 4) is 0 Å². The summed E-state index contributed by atoms with van der Waals surface area (Å²) in [5.41, 5.74) is 1.24. The topological polar surface area (TPSA) is 12.9 Å². The van der Waals surface area contributed by atoms with Gasteiger partial charge in [0.25, 0.3) is 0 Å². The van der Waals surface area contributed by atoms with Crippen LogP contribution in [-0.2, 0) is 6.32 Å². The number of halogens is 1. The van der Waals surface area contributed by atoms with Crippen molar-refractivity contribution in [2.45, 2.75) is 6.32 Å². The molecule has 46 valence electrons. The molecule has 1 rings (SSSR count). The van der Waals surface area contributed by atoms with E-state index in [1.54, 1.807) is 6.07 Å². The summed E-state index contributed by atoms with van der Waals surface area (Å²) in [6.45, 7) is 0. The van der Waals surface area contributed by atoms with Gasteiger partial charge in [0, 0.05) is 6.20 Å². The minimum Gasteiger partial charge on any atom is -0.271 e. The molecule has 0 atom stereocenters. The summed E-state index contributed by atoms with van der Waals surface area (Å²) < 4.78 is 0. The molecule has 1 aromatic heterocycles. The smallest absolute Gasteiger partial charge is 0.142 e. The maximum absolute atomic E-state index is 5.62. The summed E-state index contributed by atoms with van der Waals surface area (Å²) in [7, 11) is 10.8. The SMILES string of the molecule is [B]Cc1cc(Cl)cnc1[B]. The van der Waals surface area contributed by atoms with E-state index >= 15 is 0 Å². The minimum atomic E-state index is 0.374. The van der Waals surface area contributed by atoms with E-state index in [0.717, 1.165) is 5.56 Å². The maximum Gasteiger partial charge on any atom is 0.142 e. The van der Waals surface area contributed by atoms with E-state index < -0.39 is 0 Å². The highest BCUT2D eigenvalue weighted by molar-refractivity contribution is 6.34. The average Bonchev–Trinajstić information content (AvgIpc) is 1.94. The molecule has 0 aromatic carbocycles. The van der Waals surface area contributed by atoms with Gasteiger partial charge in [-0.05, 0) is 17.2 Å². The molecule has 0 amide bonds. The number of hydrogen-bond donors (Lipinski definition) is 0. The van der Waals surface area contributed by atoms with E-state index in [1.165, 1.54) is 6.20 Å². The lowest BCUT2D eigenvalue weighted by molar-refractivity contribution is 1.30. The molecule has 0 bridgehead atoms. The third kappa shape index (κ3) is 1.54. The molecular formula is C6H4B2ClN. The average molecular weight is 147 g/mol. The Morgan fingerprint density at radius 2 is 2.30 bits per heavy atom. The summed E-state index contributed by atoms with van der Waals surface area (Å²) in [4.78, 5) is 3.82. The van der Waals surface area contributed by atoms with Crippen LogP contribution in [0.3, 0.4) is 0 Å². The molecule has 0 unspecified atom stereocenters. The fourth-order valence-electron chi connectivity index (χ4n) is 0.655. The van der Waals surface area contributed by atoms with Gasteiger partial charge in [-0.15, -0.1) is 0 Å². The summed E-state index contributed by atoms with van der Waals surface area (Å²) in [6.07, 6.45) is 1.87. The van der Waals surface area contributed by atoms with Crippen LogP contribution in [0.5, 0.6) is 0 Å². The van der Waals surface area contributed by atoms with Crippen LogP contribution < -0.4 is 5.59 Å². The van der Waals surface area contributed by atoms with Gasteiger partial charge in [-0.3, -0.25) is 4.98 Å². The molecular weight excluding hydrogens is 143 g/mol. The van der Waals surface area contributed by atoms with E-state index in [9.17, 15) is 0 Å². The van der Waals surface area contributed by atoms with Crippen LogP contribution >= 0.6 is 11.6 Å². The van der Waals surface area contributed by atoms with Gasteiger partial charge >= 0.3 is 0 Å². The van der Waals surface area contributed by atoms with E-state index in [1.807, 2.05) is 0 Å². The first kappa shape index (κ1) is 7.67. The van der Waals surface area contributed by atoms with E-state index in [2.05, 4.69) is 4.98 Å². The van der Waals surface area contributed by atoms with Crippen molar-refractivity contribution in [3.05, 3.63) is 22.8 Å². The molecule has 0 aliphatic heterocycles. The van der Waals surface area contributed by atoms with Gasteiger partial charge in [0.1, 0.15) is 7.85 Å². The van der Waals surface area contributed by atoms with Crippen molar-refractivity contribution in [2.24, 2.45) is 0 Å². The van der Waals surface area contributed by atoms with Crippen molar-refractivity contribution in [2.75, 3.05) is 0 Å². The molecule has 4 heteroatoms. The number of hydrogen-bond acceptors (Lipinski definition) is 1. The molecule has 0 saturated heterocycles. The molecule has 0 aliphatic rings. The Labute approximate surface area is 67.6 Å². The Kier molecular flexibility index (Phi) is 2.39. The Morgan fingerprint density at radius 1 is 1.60 bits per heavy atom. The molecule has 0 spiro atoms. The lowest BCUT2D eigenvalue weighted by atomic mass is 9.88. The summed E-state index contributed by atoms with van der Waals surface area (Å²) in [6, 6.07) is 1.71. The summed E-state index contributed by atoms with van der Waals surface area (Å²) >= 11 is 5.62. The van der Waals surface area contributed by atoms with Gasteiger partial charge in [-0.25, -0.2) is 0 Å². The van der Waals surface area contributed by atoms with Gasteiger partial charge in [0.05, 0.1) is 12.9 Å². The van der Waals surface area contributed by atoms with Gasteiger partial charge in [0.2, 0.25) is 0 Å². The van der Waals surface area contributed by atoms with Crippen LogP contribution in [0.15, 0.2) is 12.3 Å². The number of aromatic nitrogens is 1. The van der Waals surface area contributed by atoms with Crippen molar-refractivity contribution < 1.29 is 0 Å². The first-order valence-corrected chi connectivity index (χ1v) is 3.22. The highest BCUT2D eigenvalue weighted by Crippen LogP contribution is 2.05. The molecule has 1 heterocycles. The predicted octanol–water partition coefficient (Wildman–Crippen LogP) is 0.197. The normalized spacial score (nSPS) is 9.70. The van der Waals surface area contributed by atoms with E-state index in [-0.39, 0.29) is 0 Å². The summed E-state index contributed by atoms with van der Waals surface area (Å²) in [5.74, 6) is 0. The highest BCUT2D eigenvalue weighted by atomic mass is 35.5. The quantitative estimate of drug-likeness (QED) is 0.517. The van der Waals surface area contributed by atoms with Gasteiger partial charge in [-0.2, -0.15) is 0 Å². The van der Waals surface area contributed by atoms with Crippen molar-refractivity contribution in [3.63, 3.8) is 0 Å². The van der Waals surface area contributed by atoms with Crippen LogP contribution in [0.1, 0.15) is 5.56 Å². The third-order valence-electron chi connectivity index (χ3n) is 1.19. The standard InChI is InChI=1S/C6H4B2ClN/c7-2-4-1-5(9)3-10-6(4)8/h1,3H,2H2. The largest absolute Gasteiger partial charge is 0.271 e. The fraction of sp³-hybridized carbons (Fsp3) is 0.167. The predicted molar refractivity (Wildman–Crippen MR) is 44.1 cm³/mol. The first-order chi connectivity index (χ1) is 4.74. The molecule has 10 heavy (non-hydrogen) atoms. The van der Waals surface area contributed by atoms with Crippen LogP contribution in [0, 0.1) is 0 Å². The molecule has 1 nitrogen and oxygen atoms in total. The monoisotopic (exact) mass is 147 g/mol. The second-order valence-electron chi connectivity index (χ2n) is 1.90. The molecule has 1 aromatic rings. The maximum atomic E-state index is 5.62. The van der Waals surface area contributed by atoms with Gasteiger partial charge < -0.3 is 0 Å². The molecule has 4 radical (unpaired) electrons. The number of pyridine rings is 1. The minimum absolute atomic E-state index is 0.374. The number of rotatable bonds is 1.